The van der Waals surface area contributed by atoms with Crippen LogP contribution in [0.4, 0.5) is 4.39 Å². The Hall–Kier alpha value is -0.250. The molecule has 0 aromatic heterocycles. The van der Waals surface area contributed by atoms with E-state index in [1.807, 2.05) is 17.8 Å². The van der Waals surface area contributed by atoms with Gasteiger partial charge in [-0.3, -0.25) is 0 Å². The van der Waals surface area contributed by atoms with Crippen molar-refractivity contribution in [1.29, 1.82) is 0 Å². The zero-order chi connectivity index (χ0) is 12.5. The summed E-state index contributed by atoms with van der Waals surface area (Å²) in [5.41, 5.74) is 7.18. The number of nitrogens with two attached hydrogens (primary N) is 1. The lowest BCUT2D eigenvalue weighted by molar-refractivity contribution is 0.481. The maximum atomic E-state index is 13.3. The molecule has 2 atom stereocenters. The van der Waals surface area contributed by atoms with Crippen LogP contribution in [0.3, 0.4) is 0 Å². The Morgan fingerprint density at radius 1 is 1.59 bits per heavy atom. The van der Waals surface area contributed by atoms with Gasteiger partial charge in [0.2, 0.25) is 0 Å². The van der Waals surface area contributed by atoms with Gasteiger partial charge in [0.1, 0.15) is 5.82 Å². The van der Waals surface area contributed by atoms with Crippen molar-refractivity contribution in [3.8, 4) is 0 Å². The molecule has 2 unspecified atom stereocenters. The van der Waals surface area contributed by atoms with Crippen molar-refractivity contribution in [1.82, 2.24) is 0 Å². The summed E-state index contributed by atoms with van der Waals surface area (Å²) in [6.07, 6.45) is 3.08. The van der Waals surface area contributed by atoms with Crippen LogP contribution < -0.4 is 5.73 Å². The average molecular weight is 274 g/mol. The predicted molar refractivity (Wildman–Crippen MR) is 73.2 cm³/mol. The monoisotopic (exact) mass is 273 g/mol. The maximum Gasteiger partial charge on any atom is 0.142 e. The number of halogens is 2. The van der Waals surface area contributed by atoms with Gasteiger partial charge in [-0.15, -0.1) is 0 Å². The van der Waals surface area contributed by atoms with E-state index in [-0.39, 0.29) is 21.6 Å². The molecule has 1 nitrogen and oxygen atoms in total. The first-order valence-electron chi connectivity index (χ1n) is 5.85. The van der Waals surface area contributed by atoms with Gasteiger partial charge in [-0.25, -0.2) is 4.39 Å². The zero-order valence-electron chi connectivity index (χ0n) is 9.88. The molecule has 1 aromatic carbocycles. The summed E-state index contributed by atoms with van der Waals surface area (Å²) in [6, 6.07) is 5.01. The number of hydrogen-bond acceptors (Lipinski definition) is 2. The van der Waals surface area contributed by atoms with E-state index in [0.29, 0.717) is 6.42 Å². The Morgan fingerprint density at radius 2 is 2.35 bits per heavy atom. The number of benzene rings is 1. The highest BCUT2D eigenvalue weighted by Crippen LogP contribution is 2.40. The first kappa shape index (κ1) is 13.2. The van der Waals surface area contributed by atoms with Gasteiger partial charge >= 0.3 is 0 Å². The van der Waals surface area contributed by atoms with Crippen LogP contribution >= 0.6 is 23.4 Å². The van der Waals surface area contributed by atoms with E-state index in [9.17, 15) is 4.39 Å². The van der Waals surface area contributed by atoms with Crippen molar-refractivity contribution in [3.05, 3.63) is 34.6 Å². The van der Waals surface area contributed by atoms with Gasteiger partial charge in [-0.05, 0) is 49.6 Å². The second-order valence-corrected chi connectivity index (χ2v) is 6.86. The summed E-state index contributed by atoms with van der Waals surface area (Å²) in [5.74, 6) is 0.819. The third kappa shape index (κ3) is 2.95. The fourth-order valence-electron chi connectivity index (χ4n) is 2.23. The normalized spacial score (nSPS) is 26.1. The van der Waals surface area contributed by atoms with Crippen LogP contribution in [0.25, 0.3) is 0 Å². The quantitative estimate of drug-likeness (QED) is 0.910. The molecule has 4 heteroatoms. The Morgan fingerprint density at radius 3 is 2.94 bits per heavy atom. The molecule has 2 N–H and O–H groups in total. The molecule has 1 saturated heterocycles. The van der Waals surface area contributed by atoms with Crippen LogP contribution in [0.5, 0.6) is 0 Å². The van der Waals surface area contributed by atoms with Gasteiger partial charge in [-0.1, -0.05) is 17.7 Å². The second kappa shape index (κ2) is 5.17. The molecule has 1 fully saturated rings. The molecular weight excluding hydrogens is 257 g/mol. The molecule has 0 aliphatic carbocycles. The van der Waals surface area contributed by atoms with Gasteiger partial charge in [0.25, 0.3) is 0 Å². The van der Waals surface area contributed by atoms with Crippen LogP contribution in [-0.4, -0.2) is 16.5 Å². The molecule has 1 aromatic rings. The molecule has 0 radical (unpaired) electrons. The predicted octanol–water partition coefficient (Wildman–Crippen LogP) is 3.63. The molecule has 0 saturated carbocycles. The minimum Gasteiger partial charge on any atom is -0.326 e. The van der Waals surface area contributed by atoms with Crippen LogP contribution in [0.1, 0.15) is 25.3 Å². The Kier molecular flexibility index (Phi) is 4.01. The summed E-state index contributed by atoms with van der Waals surface area (Å²) in [4.78, 5) is 0. The Bertz CT molecular complexity index is 404. The zero-order valence-corrected chi connectivity index (χ0v) is 11.5. The Balaban J connectivity index is 2.07. The lowest BCUT2D eigenvalue weighted by Crippen LogP contribution is -2.42. The highest BCUT2D eigenvalue weighted by Gasteiger charge is 2.35. The molecule has 2 rings (SSSR count). The third-order valence-corrected chi connectivity index (χ3v) is 5.44. The molecule has 0 amide bonds. The molecule has 94 valence electrons. The van der Waals surface area contributed by atoms with E-state index in [2.05, 4.69) is 6.92 Å². The van der Waals surface area contributed by atoms with Crippen molar-refractivity contribution < 1.29 is 4.39 Å². The number of rotatable bonds is 3. The number of thioether (sulfide) groups is 1. The maximum absolute atomic E-state index is 13.3. The molecule has 1 aliphatic rings. The number of hydrogen-bond donors (Lipinski definition) is 1. The second-order valence-electron chi connectivity index (χ2n) is 4.82. The molecule has 17 heavy (non-hydrogen) atoms. The first-order valence-corrected chi connectivity index (χ1v) is 7.21. The van der Waals surface area contributed by atoms with Crippen LogP contribution in [-0.2, 0) is 6.42 Å². The summed E-state index contributed by atoms with van der Waals surface area (Å²) < 4.78 is 13.5. The molecule has 0 spiro atoms. The first-order chi connectivity index (χ1) is 8.01. The fraction of sp³-hybridized carbons (Fsp3) is 0.538. The van der Waals surface area contributed by atoms with Crippen molar-refractivity contribution in [3.63, 3.8) is 0 Å². The molecule has 0 bridgehead atoms. The minimum atomic E-state index is -0.361. The highest BCUT2D eigenvalue weighted by atomic mass is 35.5. The van der Waals surface area contributed by atoms with E-state index in [0.717, 1.165) is 12.0 Å². The van der Waals surface area contributed by atoms with Gasteiger partial charge in [0.15, 0.2) is 0 Å². The topological polar surface area (TPSA) is 26.0 Å². The smallest absolute Gasteiger partial charge is 0.142 e. The molecule has 1 aliphatic heterocycles. The van der Waals surface area contributed by atoms with Crippen molar-refractivity contribution in [2.24, 2.45) is 5.73 Å². The average Bonchev–Trinajstić information content (AvgIpc) is 2.72. The van der Waals surface area contributed by atoms with Crippen molar-refractivity contribution in [2.45, 2.75) is 37.0 Å². The van der Waals surface area contributed by atoms with Crippen LogP contribution in [0.2, 0.25) is 5.02 Å². The minimum absolute atomic E-state index is 0.0653. The standard InChI is InChI=1S/C13H17ClFNS/c1-13(5-2-6-17-13)12(16)8-9-3-4-10(14)11(15)7-9/h3-4,7,12H,2,5-6,8,16H2,1H3. The SMILES string of the molecule is CC1(C(N)Cc2ccc(Cl)c(F)c2)CCCS1. The van der Waals surface area contributed by atoms with E-state index >= 15 is 0 Å². The van der Waals surface area contributed by atoms with Crippen LogP contribution in [0.15, 0.2) is 18.2 Å². The van der Waals surface area contributed by atoms with Crippen molar-refractivity contribution >= 4 is 23.4 Å². The lowest BCUT2D eigenvalue weighted by Gasteiger charge is -2.30. The fourth-order valence-corrected chi connectivity index (χ4v) is 3.69. The Labute approximate surface area is 111 Å². The largest absolute Gasteiger partial charge is 0.326 e. The van der Waals surface area contributed by atoms with E-state index in [4.69, 9.17) is 17.3 Å². The lowest BCUT2D eigenvalue weighted by atomic mass is 9.91. The van der Waals surface area contributed by atoms with Crippen molar-refractivity contribution in [2.75, 3.05) is 5.75 Å². The van der Waals surface area contributed by atoms with E-state index < -0.39 is 0 Å². The van der Waals surface area contributed by atoms with Gasteiger partial charge in [0, 0.05) is 10.8 Å². The summed E-state index contributed by atoms with van der Waals surface area (Å²) in [5, 5.41) is 0.170. The van der Waals surface area contributed by atoms with Gasteiger partial charge < -0.3 is 5.73 Å². The third-order valence-electron chi connectivity index (χ3n) is 3.47. The summed E-state index contributed by atoms with van der Waals surface area (Å²) in [6.45, 7) is 2.21. The van der Waals surface area contributed by atoms with E-state index in [1.165, 1.54) is 18.2 Å². The van der Waals surface area contributed by atoms with Gasteiger partial charge in [-0.2, -0.15) is 11.8 Å². The molecular formula is C13H17ClFNS. The summed E-state index contributed by atoms with van der Waals surface area (Å²) in [7, 11) is 0. The van der Waals surface area contributed by atoms with Gasteiger partial charge in [0.05, 0.1) is 5.02 Å². The summed E-state index contributed by atoms with van der Waals surface area (Å²) >= 11 is 7.60. The van der Waals surface area contributed by atoms with E-state index in [1.54, 1.807) is 6.07 Å². The van der Waals surface area contributed by atoms with Crippen LogP contribution in [0, 0.1) is 5.82 Å². The molecule has 1 heterocycles. The highest BCUT2D eigenvalue weighted by molar-refractivity contribution is 8.00.